The number of imide groups is 1. The van der Waals surface area contributed by atoms with Crippen molar-refractivity contribution in [1.29, 1.82) is 0 Å². The van der Waals surface area contributed by atoms with E-state index in [0.717, 1.165) is 42.5 Å². The van der Waals surface area contributed by atoms with Gasteiger partial charge in [-0.2, -0.15) is 0 Å². The van der Waals surface area contributed by atoms with E-state index >= 15 is 0 Å². The van der Waals surface area contributed by atoms with Gasteiger partial charge in [-0.15, -0.1) is 0 Å². The van der Waals surface area contributed by atoms with Crippen LogP contribution in [0.4, 0.5) is 11.4 Å². The molecule has 2 saturated heterocycles. The van der Waals surface area contributed by atoms with Crippen molar-refractivity contribution < 1.29 is 23.9 Å². The monoisotopic (exact) mass is 460 g/mol. The Bertz CT molecular complexity index is 1150. The summed E-state index contributed by atoms with van der Waals surface area (Å²) in [5.41, 5.74) is 3.31. The van der Waals surface area contributed by atoms with Crippen LogP contribution < -0.4 is 14.5 Å². The van der Waals surface area contributed by atoms with Crippen LogP contribution in [0.3, 0.4) is 0 Å². The van der Waals surface area contributed by atoms with Crippen molar-refractivity contribution in [1.82, 2.24) is 0 Å². The first-order valence-electron chi connectivity index (χ1n) is 11.9. The molecule has 0 N–H and O–H groups in total. The minimum absolute atomic E-state index is 0.0813. The van der Waals surface area contributed by atoms with Crippen molar-refractivity contribution in [3.8, 4) is 5.75 Å². The zero-order chi connectivity index (χ0) is 24.0. The summed E-state index contributed by atoms with van der Waals surface area (Å²) in [5.74, 6) is -1.75. The SMILES string of the molecule is Cc1cc(C)cc(N2C[C@H](C(=O)Oc3cccc(N4C(=O)[C@@H]5CCCC[C@H]5C4=O)c3)CC2=O)c1. The molecule has 2 aliphatic heterocycles. The highest BCUT2D eigenvalue weighted by Crippen LogP contribution is 2.40. The molecule has 0 radical (unpaired) electrons. The van der Waals surface area contributed by atoms with E-state index in [1.54, 1.807) is 29.2 Å². The average Bonchev–Trinajstić information content (AvgIpc) is 3.31. The molecular weight excluding hydrogens is 432 g/mol. The number of amides is 3. The van der Waals surface area contributed by atoms with Gasteiger partial charge in [-0.05, 0) is 62.1 Å². The van der Waals surface area contributed by atoms with E-state index in [0.29, 0.717) is 5.69 Å². The maximum atomic E-state index is 12.9. The molecule has 3 atom stereocenters. The summed E-state index contributed by atoms with van der Waals surface area (Å²) in [5, 5.41) is 0. The number of aryl methyl sites for hydroxylation is 2. The topological polar surface area (TPSA) is 84.0 Å². The number of hydrogen-bond acceptors (Lipinski definition) is 5. The number of carbonyl (C=O) groups excluding carboxylic acids is 4. The fourth-order valence-electron chi connectivity index (χ4n) is 5.52. The smallest absolute Gasteiger partial charge is 0.316 e. The molecule has 5 rings (SSSR count). The molecule has 0 spiro atoms. The summed E-state index contributed by atoms with van der Waals surface area (Å²) in [7, 11) is 0. The molecular formula is C27H28N2O5. The van der Waals surface area contributed by atoms with Gasteiger partial charge in [0.2, 0.25) is 17.7 Å². The van der Waals surface area contributed by atoms with Gasteiger partial charge in [0.25, 0.3) is 0 Å². The van der Waals surface area contributed by atoms with Gasteiger partial charge >= 0.3 is 5.97 Å². The van der Waals surface area contributed by atoms with Gasteiger partial charge in [0.1, 0.15) is 5.75 Å². The molecule has 2 aromatic carbocycles. The second kappa shape index (κ2) is 8.70. The largest absolute Gasteiger partial charge is 0.426 e. The molecule has 0 bridgehead atoms. The Labute approximate surface area is 198 Å². The van der Waals surface area contributed by atoms with Crippen molar-refractivity contribution in [2.75, 3.05) is 16.3 Å². The predicted octanol–water partition coefficient (Wildman–Crippen LogP) is 3.94. The Hall–Kier alpha value is -3.48. The van der Waals surface area contributed by atoms with Crippen LogP contribution in [0.25, 0.3) is 0 Å². The number of anilines is 2. The molecule has 1 saturated carbocycles. The van der Waals surface area contributed by atoms with Crippen molar-refractivity contribution in [3.05, 3.63) is 53.6 Å². The van der Waals surface area contributed by atoms with Gasteiger partial charge in [0, 0.05) is 24.7 Å². The number of ether oxygens (including phenoxy) is 1. The fourth-order valence-corrected chi connectivity index (χ4v) is 5.52. The molecule has 2 aromatic rings. The third kappa shape index (κ3) is 4.00. The van der Waals surface area contributed by atoms with Crippen LogP contribution in [0.2, 0.25) is 0 Å². The minimum atomic E-state index is -0.588. The van der Waals surface area contributed by atoms with Gasteiger partial charge < -0.3 is 9.64 Å². The minimum Gasteiger partial charge on any atom is -0.426 e. The Morgan fingerprint density at radius 1 is 0.882 bits per heavy atom. The highest BCUT2D eigenvalue weighted by atomic mass is 16.5. The van der Waals surface area contributed by atoms with E-state index in [9.17, 15) is 19.2 Å². The highest BCUT2D eigenvalue weighted by molar-refractivity contribution is 6.22. The molecule has 0 aromatic heterocycles. The number of benzene rings is 2. The molecule has 3 aliphatic rings. The summed E-state index contributed by atoms with van der Waals surface area (Å²) < 4.78 is 5.60. The number of esters is 1. The summed E-state index contributed by atoms with van der Waals surface area (Å²) in [6, 6.07) is 12.4. The van der Waals surface area contributed by atoms with Crippen molar-refractivity contribution in [3.63, 3.8) is 0 Å². The molecule has 3 fully saturated rings. The van der Waals surface area contributed by atoms with Crippen LogP contribution in [0.1, 0.15) is 43.2 Å². The lowest BCUT2D eigenvalue weighted by Crippen LogP contribution is -2.31. The summed E-state index contributed by atoms with van der Waals surface area (Å²) in [6.07, 6.45) is 3.49. The van der Waals surface area contributed by atoms with E-state index in [1.165, 1.54) is 4.90 Å². The standard InChI is InChI=1S/C27H28N2O5/c1-16-10-17(2)12-20(11-16)28-15-18(13-24(28)30)27(33)34-21-7-5-6-19(14-21)29-25(31)22-8-3-4-9-23(22)26(29)32/h5-7,10-12,14,18,22-23H,3-4,8-9,13,15H2,1-2H3/t18-,22-,23-/m1/s1. The fraction of sp³-hybridized carbons (Fsp3) is 0.407. The zero-order valence-corrected chi connectivity index (χ0v) is 19.5. The van der Waals surface area contributed by atoms with Crippen molar-refractivity contribution >= 4 is 35.1 Å². The second-order valence-corrected chi connectivity index (χ2v) is 9.68. The first kappa shape index (κ1) is 22.3. The maximum absolute atomic E-state index is 12.9. The Morgan fingerprint density at radius 3 is 2.18 bits per heavy atom. The van der Waals surface area contributed by atoms with Crippen LogP contribution in [0.15, 0.2) is 42.5 Å². The molecule has 0 unspecified atom stereocenters. The lowest BCUT2D eigenvalue weighted by Gasteiger charge is -2.19. The Balaban J connectivity index is 1.30. The maximum Gasteiger partial charge on any atom is 0.316 e. The Kier molecular flexibility index (Phi) is 5.71. The average molecular weight is 461 g/mol. The summed E-state index contributed by atoms with van der Waals surface area (Å²) in [4.78, 5) is 54.2. The number of rotatable bonds is 4. The number of carbonyl (C=O) groups is 4. The molecule has 2 heterocycles. The van der Waals surface area contributed by atoms with Crippen LogP contribution in [-0.4, -0.2) is 30.2 Å². The molecule has 1 aliphatic carbocycles. The molecule has 3 amide bonds. The summed E-state index contributed by atoms with van der Waals surface area (Å²) >= 11 is 0. The van der Waals surface area contributed by atoms with Gasteiger partial charge in [-0.3, -0.25) is 19.2 Å². The van der Waals surface area contributed by atoms with Gasteiger partial charge in [-0.25, -0.2) is 4.90 Å². The second-order valence-electron chi connectivity index (χ2n) is 9.68. The first-order valence-corrected chi connectivity index (χ1v) is 11.9. The zero-order valence-electron chi connectivity index (χ0n) is 19.5. The van der Waals surface area contributed by atoms with Crippen LogP contribution >= 0.6 is 0 Å². The summed E-state index contributed by atoms with van der Waals surface area (Å²) in [6.45, 7) is 4.20. The van der Waals surface area contributed by atoms with Crippen LogP contribution in [-0.2, 0) is 19.2 Å². The lowest BCUT2D eigenvalue weighted by atomic mass is 9.81. The number of nitrogens with zero attached hydrogens (tertiary/aromatic N) is 2. The van der Waals surface area contributed by atoms with Gasteiger partial charge in [-0.1, -0.05) is 25.0 Å². The van der Waals surface area contributed by atoms with E-state index in [2.05, 4.69) is 0 Å². The van der Waals surface area contributed by atoms with Crippen LogP contribution in [0, 0.1) is 31.6 Å². The first-order chi connectivity index (χ1) is 16.3. The third-order valence-electron chi connectivity index (χ3n) is 7.11. The highest BCUT2D eigenvalue weighted by Gasteiger charge is 2.48. The Morgan fingerprint density at radius 2 is 1.53 bits per heavy atom. The van der Waals surface area contributed by atoms with E-state index in [4.69, 9.17) is 4.74 Å². The van der Waals surface area contributed by atoms with Crippen molar-refractivity contribution in [2.24, 2.45) is 17.8 Å². The quantitative estimate of drug-likeness (QED) is 0.392. The molecule has 7 heteroatoms. The van der Waals surface area contributed by atoms with Crippen molar-refractivity contribution in [2.45, 2.75) is 46.0 Å². The number of hydrogen-bond donors (Lipinski definition) is 0. The van der Waals surface area contributed by atoms with Crippen LogP contribution in [0.5, 0.6) is 5.75 Å². The molecule has 34 heavy (non-hydrogen) atoms. The van der Waals surface area contributed by atoms with Gasteiger partial charge in [0.05, 0.1) is 23.4 Å². The number of fused-ring (bicyclic) bond motifs is 1. The normalized spacial score (nSPS) is 24.5. The van der Waals surface area contributed by atoms with E-state index in [1.807, 2.05) is 32.0 Å². The van der Waals surface area contributed by atoms with Gasteiger partial charge in [0.15, 0.2) is 0 Å². The van der Waals surface area contributed by atoms with E-state index < -0.39 is 11.9 Å². The lowest BCUT2D eigenvalue weighted by molar-refractivity contribution is -0.139. The molecule has 7 nitrogen and oxygen atoms in total. The van der Waals surface area contributed by atoms with E-state index in [-0.39, 0.29) is 48.3 Å². The predicted molar refractivity (Wildman–Crippen MR) is 126 cm³/mol. The third-order valence-corrected chi connectivity index (χ3v) is 7.11. The molecule has 176 valence electrons.